The quantitative estimate of drug-likeness (QED) is 0.0327. The fourth-order valence-corrected chi connectivity index (χ4v) is 4.15. The molecule has 2 aliphatic heterocycles. The SMILES string of the molecule is N=C(N)NCCC[C@@H](C=O)N(C(=O)C1NCCc2ccccc21)C(=O)[C@@H]1CCCN1.O=S(=O)(O)O.O=S(O)O. The van der Waals surface area contributed by atoms with Gasteiger partial charge in [-0.25, -0.2) is 0 Å². The first kappa shape index (κ1) is 34.2. The molecule has 18 heteroatoms. The Kier molecular flexibility index (Phi) is 14.9. The Labute approximate surface area is 228 Å². The van der Waals surface area contributed by atoms with Crippen LogP contribution >= 0.6 is 0 Å². The number of hydrogen-bond acceptors (Lipinski definition) is 9. The predicted octanol–water partition coefficient (Wildman–Crippen LogP) is -1.16. The molecule has 1 unspecified atom stereocenters. The van der Waals surface area contributed by atoms with E-state index in [1.54, 1.807) is 0 Å². The van der Waals surface area contributed by atoms with Crippen LogP contribution in [0.25, 0.3) is 0 Å². The number of guanidine groups is 1. The molecule has 2 aliphatic rings. The van der Waals surface area contributed by atoms with Crippen LogP contribution in [-0.4, -0.2) is 91.5 Å². The van der Waals surface area contributed by atoms with Gasteiger partial charge in [-0.3, -0.25) is 38.1 Å². The van der Waals surface area contributed by atoms with E-state index in [2.05, 4.69) is 16.0 Å². The average molecular weight is 595 g/mol. The molecule has 1 saturated heterocycles. The highest BCUT2D eigenvalue weighted by Crippen LogP contribution is 2.26. The third-order valence-electron chi connectivity index (χ3n) is 5.67. The first-order chi connectivity index (χ1) is 18.3. The van der Waals surface area contributed by atoms with Crippen molar-refractivity contribution >= 4 is 45.8 Å². The number of hydrogen-bond donors (Lipinski definition) is 9. The van der Waals surface area contributed by atoms with Gasteiger partial charge in [-0.05, 0) is 49.8 Å². The zero-order valence-electron chi connectivity index (χ0n) is 20.9. The maximum Gasteiger partial charge on any atom is 0.394 e. The van der Waals surface area contributed by atoms with E-state index in [0.717, 1.165) is 35.4 Å². The van der Waals surface area contributed by atoms with Crippen molar-refractivity contribution in [2.45, 2.75) is 50.2 Å². The van der Waals surface area contributed by atoms with E-state index in [1.165, 1.54) is 0 Å². The van der Waals surface area contributed by atoms with Crippen molar-refractivity contribution in [3.05, 3.63) is 35.4 Å². The van der Waals surface area contributed by atoms with Gasteiger partial charge in [0, 0.05) is 13.1 Å². The van der Waals surface area contributed by atoms with E-state index in [4.69, 9.17) is 42.0 Å². The van der Waals surface area contributed by atoms with Crippen molar-refractivity contribution in [2.24, 2.45) is 5.73 Å². The molecule has 0 saturated carbocycles. The van der Waals surface area contributed by atoms with Crippen molar-refractivity contribution in [3.63, 3.8) is 0 Å². The maximum atomic E-state index is 13.6. The topological polar surface area (TPSA) is 273 Å². The lowest BCUT2D eigenvalue weighted by Gasteiger charge is -2.34. The van der Waals surface area contributed by atoms with Crippen LogP contribution in [0.5, 0.6) is 0 Å². The summed E-state index contributed by atoms with van der Waals surface area (Å²) in [6.07, 6.45) is 3.79. The lowest BCUT2D eigenvalue weighted by molar-refractivity contribution is -0.152. The van der Waals surface area contributed by atoms with Gasteiger partial charge in [0.2, 0.25) is 5.91 Å². The number of benzene rings is 1. The monoisotopic (exact) mass is 594 g/mol. The highest BCUT2D eigenvalue weighted by molar-refractivity contribution is 7.79. The summed E-state index contributed by atoms with van der Waals surface area (Å²) in [4.78, 5) is 40.0. The summed E-state index contributed by atoms with van der Waals surface area (Å²) >= 11 is -2.61. The number of amides is 2. The summed E-state index contributed by atoms with van der Waals surface area (Å²) in [7, 11) is -4.67. The van der Waals surface area contributed by atoms with Gasteiger partial charge in [-0.15, -0.1) is 0 Å². The van der Waals surface area contributed by atoms with E-state index in [9.17, 15) is 14.4 Å². The van der Waals surface area contributed by atoms with E-state index in [-0.39, 0.29) is 11.9 Å². The summed E-state index contributed by atoms with van der Waals surface area (Å²) < 4.78 is 54.4. The summed E-state index contributed by atoms with van der Waals surface area (Å²) in [6, 6.07) is 5.73. The molecule has 1 aromatic carbocycles. The van der Waals surface area contributed by atoms with Crippen LogP contribution in [0.1, 0.15) is 42.9 Å². The number of nitrogens with zero attached hydrogens (tertiary/aromatic N) is 1. The fraction of sp³-hybridized carbons (Fsp3) is 0.524. The summed E-state index contributed by atoms with van der Waals surface area (Å²) in [6.45, 7) is 1.74. The standard InChI is InChI=1S/C21H30N6O3.H2O4S.H2O3S/c22-21(23)26-11-3-6-15(13-28)27(19(29)17-8-4-10-24-17)20(30)18-16-7-2-1-5-14(16)9-12-25-18;1-5(2,3)4;1-4(2)3/h1-2,5,7,13,15,17-18,24-25H,3-4,6,8-12H2,(H4,22,23,26);(H2,1,2,3,4);(H2,1,2,3)/t15-,17-,18?;;/m0../s1. The van der Waals surface area contributed by atoms with Crippen LogP contribution in [0, 0.1) is 5.41 Å². The van der Waals surface area contributed by atoms with Gasteiger partial charge in [0.1, 0.15) is 12.3 Å². The number of fused-ring (bicyclic) bond motifs is 1. The smallest absolute Gasteiger partial charge is 0.370 e. The first-order valence-electron chi connectivity index (χ1n) is 11.7. The fourth-order valence-electron chi connectivity index (χ4n) is 4.15. The van der Waals surface area contributed by atoms with Gasteiger partial charge < -0.3 is 26.5 Å². The molecule has 3 atom stereocenters. The van der Waals surface area contributed by atoms with Crippen molar-refractivity contribution in [3.8, 4) is 0 Å². The minimum atomic E-state index is -4.67. The summed E-state index contributed by atoms with van der Waals surface area (Å²) in [5.41, 5.74) is 7.22. The number of imide groups is 1. The Hall–Kier alpha value is -2.84. The zero-order valence-corrected chi connectivity index (χ0v) is 22.5. The molecule has 2 heterocycles. The second-order valence-corrected chi connectivity index (χ2v) is 9.75. The zero-order chi connectivity index (χ0) is 29.6. The van der Waals surface area contributed by atoms with Gasteiger partial charge in [0.05, 0.1) is 12.1 Å². The molecule has 0 spiro atoms. The molecule has 16 nitrogen and oxygen atoms in total. The number of aldehydes is 1. The second kappa shape index (κ2) is 17.0. The Bertz CT molecular complexity index is 1100. The van der Waals surface area contributed by atoms with Gasteiger partial charge in [0.15, 0.2) is 5.96 Å². The Balaban J connectivity index is 0.000000733. The average Bonchev–Trinajstić information content (AvgIpc) is 3.38. The highest BCUT2D eigenvalue weighted by atomic mass is 32.3. The number of carbonyl (C=O) groups excluding carboxylic acids is 3. The van der Waals surface area contributed by atoms with E-state index in [0.29, 0.717) is 38.6 Å². The molecule has 220 valence electrons. The van der Waals surface area contributed by atoms with Gasteiger partial charge >= 0.3 is 10.4 Å². The normalized spacial score (nSPS) is 18.8. The van der Waals surface area contributed by atoms with Crippen LogP contribution in [0.3, 0.4) is 0 Å². The predicted molar refractivity (Wildman–Crippen MR) is 140 cm³/mol. The third kappa shape index (κ3) is 13.2. The van der Waals surface area contributed by atoms with Crippen molar-refractivity contribution < 1.29 is 45.2 Å². The van der Waals surface area contributed by atoms with Crippen molar-refractivity contribution in [1.82, 2.24) is 20.9 Å². The Morgan fingerprint density at radius 3 is 2.36 bits per heavy atom. The van der Waals surface area contributed by atoms with E-state index in [1.807, 2.05) is 24.3 Å². The van der Waals surface area contributed by atoms with Crippen molar-refractivity contribution in [2.75, 3.05) is 19.6 Å². The van der Waals surface area contributed by atoms with Crippen LogP contribution in [0.15, 0.2) is 24.3 Å². The highest BCUT2D eigenvalue weighted by Gasteiger charge is 2.39. The Morgan fingerprint density at radius 1 is 1.21 bits per heavy atom. The first-order valence-corrected chi connectivity index (χ1v) is 14.2. The minimum absolute atomic E-state index is 0.153. The minimum Gasteiger partial charge on any atom is -0.370 e. The molecular weight excluding hydrogens is 560 g/mol. The molecule has 2 amide bonds. The molecular formula is C21H34N6O10S2. The lowest BCUT2D eigenvalue weighted by atomic mass is 9.92. The van der Waals surface area contributed by atoms with Gasteiger partial charge in [0.25, 0.3) is 17.3 Å². The number of nitrogens with one attached hydrogen (secondary N) is 4. The van der Waals surface area contributed by atoms with E-state index < -0.39 is 45.8 Å². The molecule has 39 heavy (non-hydrogen) atoms. The van der Waals surface area contributed by atoms with Crippen LogP contribution in [0.2, 0.25) is 0 Å². The lowest BCUT2D eigenvalue weighted by Crippen LogP contribution is -2.55. The molecule has 0 aliphatic carbocycles. The molecule has 0 aromatic heterocycles. The number of rotatable bonds is 8. The van der Waals surface area contributed by atoms with E-state index >= 15 is 0 Å². The number of nitrogens with two attached hydrogens (primary N) is 1. The molecule has 0 radical (unpaired) electrons. The molecule has 1 fully saturated rings. The summed E-state index contributed by atoms with van der Waals surface area (Å²) in [5, 5.41) is 16.3. The molecule has 0 bridgehead atoms. The van der Waals surface area contributed by atoms with Crippen LogP contribution in [-0.2, 0) is 42.6 Å². The summed E-state index contributed by atoms with van der Waals surface area (Å²) in [5.74, 6) is -0.892. The molecule has 3 rings (SSSR count). The third-order valence-corrected chi connectivity index (χ3v) is 5.67. The molecule has 10 N–H and O–H groups in total. The van der Waals surface area contributed by atoms with Crippen LogP contribution < -0.4 is 21.7 Å². The van der Waals surface area contributed by atoms with Crippen molar-refractivity contribution in [1.29, 1.82) is 5.41 Å². The second-order valence-electron chi connectivity index (χ2n) is 8.40. The largest absolute Gasteiger partial charge is 0.394 e. The number of carbonyl (C=O) groups is 3. The molecule has 1 aromatic rings. The van der Waals surface area contributed by atoms with Crippen LogP contribution in [0.4, 0.5) is 0 Å². The van der Waals surface area contributed by atoms with Gasteiger partial charge in [-0.2, -0.15) is 12.6 Å². The maximum absolute atomic E-state index is 13.6. The van der Waals surface area contributed by atoms with Gasteiger partial charge in [-0.1, -0.05) is 24.3 Å². The Morgan fingerprint density at radius 2 is 1.82 bits per heavy atom.